The predicted molar refractivity (Wildman–Crippen MR) is 113 cm³/mol. The molecule has 27 heavy (non-hydrogen) atoms. The third-order valence-electron chi connectivity index (χ3n) is 4.43. The molecular weight excluding hydrogens is 432 g/mol. The van der Waals surface area contributed by atoms with Crippen LogP contribution in [0.2, 0.25) is 10.0 Å². The molecule has 9 heteroatoms. The van der Waals surface area contributed by atoms with Crippen molar-refractivity contribution in [1.29, 1.82) is 0 Å². The lowest BCUT2D eigenvalue weighted by Crippen LogP contribution is -2.30. The average Bonchev–Trinajstić information content (AvgIpc) is 3.22. The van der Waals surface area contributed by atoms with Crippen LogP contribution < -0.4 is 5.32 Å². The number of carbonyl (C=O) groups excluding carboxylic acids is 1. The molecule has 1 amide bonds. The van der Waals surface area contributed by atoms with E-state index >= 15 is 0 Å². The lowest BCUT2D eigenvalue weighted by molar-refractivity contribution is -0.130. The molecule has 1 aromatic heterocycles. The summed E-state index contributed by atoms with van der Waals surface area (Å²) in [5, 5.41) is 4.25. The summed E-state index contributed by atoms with van der Waals surface area (Å²) >= 11 is 12.1. The Morgan fingerprint density at radius 2 is 2.15 bits per heavy atom. The topological polar surface area (TPSA) is 58.4 Å². The van der Waals surface area contributed by atoms with Gasteiger partial charge in [0.25, 0.3) is 0 Å². The van der Waals surface area contributed by atoms with Crippen LogP contribution in [-0.4, -0.2) is 42.5 Å². The van der Waals surface area contributed by atoms with Crippen LogP contribution in [0.3, 0.4) is 0 Å². The van der Waals surface area contributed by atoms with Crippen LogP contribution in [0.1, 0.15) is 18.7 Å². The monoisotopic (exact) mass is 453 g/mol. The summed E-state index contributed by atoms with van der Waals surface area (Å²) in [5.41, 5.74) is 0.741. The second-order valence-corrected chi connectivity index (χ2v) is 7.14. The zero-order valence-corrected chi connectivity index (χ0v) is 18.1. The number of carbonyl (C=O) groups is 1. The summed E-state index contributed by atoms with van der Waals surface area (Å²) in [6.07, 6.45) is 3.58. The lowest BCUT2D eigenvalue weighted by Gasteiger charge is -2.16. The Morgan fingerprint density at radius 1 is 1.37 bits per heavy atom. The van der Waals surface area contributed by atoms with Crippen LogP contribution in [0.5, 0.6) is 0 Å². The molecule has 1 N–H and O–H groups in total. The smallest absolute Gasteiger partial charge is 0.223 e. The van der Waals surface area contributed by atoms with E-state index in [1.54, 1.807) is 24.4 Å². The van der Waals surface area contributed by atoms with Crippen LogP contribution in [0.25, 0.3) is 11.3 Å². The molecule has 2 aromatic rings. The summed E-state index contributed by atoms with van der Waals surface area (Å²) in [4.78, 5) is 18.5. The summed E-state index contributed by atoms with van der Waals surface area (Å²) < 4.78 is 5.74. The minimum atomic E-state index is 0. The number of hydrogen-bond acceptors (Lipinski definition) is 4. The van der Waals surface area contributed by atoms with E-state index in [1.807, 2.05) is 11.9 Å². The van der Waals surface area contributed by atoms with Gasteiger partial charge >= 0.3 is 0 Å². The first-order chi connectivity index (χ1) is 12.1. The number of nitrogens with one attached hydrogen (secondary N) is 1. The molecule has 1 fully saturated rings. The molecule has 5 nitrogen and oxygen atoms in total. The zero-order chi connectivity index (χ0) is 17.8. The van der Waals surface area contributed by atoms with Gasteiger partial charge in [-0.2, -0.15) is 0 Å². The van der Waals surface area contributed by atoms with Crippen molar-refractivity contribution in [3.8, 4) is 11.3 Å². The highest BCUT2D eigenvalue weighted by Gasteiger charge is 2.25. The summed E-state index contributed by atoms with van der Waals surface area (Å²) in [5.74, 6) is 1.83. The maximum absolute atomic E-state index is 12.3. The number of nitrogens with zero attached hydrogens (tertiary/aromatic N) is 2. The molecule has 1 aliphatic rings. The fourth-order valence-corrected chi connectivity index (χ4v) is 3.63. The Labute approximate surface area is 181 Å². The Balaban J connectivity index is 0.00000182. The van der Waals surface area contributed by atoms with Crippen LogP contribution in [-0.2, 0) is 11.2 Å². The van der Waals surface area contributed by atoms with E-state index in [0.29, 0.717) is 40.5 Å². The summed E-state index contributed by atoms with van der Waals surface area (Å²) in [6, 6.07) is 5.22. The predicted octanol–water partition coefficient (Wildman–Crippen LogP) is 4.49. The number of oxazole rings is 1. The van der Waals surface area contributed by atoms with E-state index in [9.17, 15) is 4.79 Å². The van der Waals surface area contributed by atoms with Gasteiger partial charge in [0.1, 0.15) is 0 Å². The van der Waals surface area contributed by atoms with Crippen molar-refractivity contribution in [2.24, 2.45) is 5.92 Å². The number of aromatic nitrogens is 1. The van der Waals surface area contributed by atoms with Crippen LogP contribution in [0.4, 0.5) is 0 Å². The van der Waals surface area contributed by atoms with E-state index < -0.39 is 0 Å². The number of halogens is 4. The van der Waals surface area contributed by atoms with Crippen LogP contribution in [0.15, 0.2) is 28.8 Å². The van der Waals surface area contributed by atoms with Crippen molar-refractivity contribution >= 4 is 53.9 Å². The minimum Gasteiger partial charge on any atom is -0.441 e. The fourth-order valence-electron chi connectivity index (χ4n) is 3.13. The van der Waals surface area contributed by atoms with Gasteiger partial charge in [-0.05, 0) is 44.1 Å². The molecule has 0 saturated carbocycles. The number of benzene rings is 1. The second-order valence-electron chi connectivity index (χ2n) is 6.29. The molecule has 1 aliphatic heterocycles. The Kier molecular flexibility index (Phi) is 9.91. The molecule has 1 aromatic carbocycles. The summed E-state index contributed by atoms with van der Waals surface area (Å²) in [6.45, 7) is 2.62. The van der Waals surface area contributed by atoms with Crippen molar-refractivity contribution in [3.63, 3.8) is 0 Å². The summed E-state index contributed by atoms with van der Waals surface area (Å²) in [7, 11) is 1.94. The maximum Gasteiger partial charge on any atom is 0.223 e. The molecule has 0 spiro atoms. The van der Waals surface area contributed by atoms with E-state index in [-0.39, 0.29) is 30.7 Å². The molecule has 1 saturated heterocycles. The average molecular weight is 455 g/mol. The number of rotatable bonds is 6. The van der Waals surface area contributed by atoms with Crippen molar-refractivity contribution in [2.45, 2.75) is 19.3 Å². The first-order valence-corrected chi connectivity index (χ1v) is 9.15. The molecule has 2 heterocycles. The largest absolute Gasteiger partial charge is 0.441 e. The third-order valence-corrected chi connectivity index (χ3v) is 4.98. The second kappa shape index (κ2) is 11.1. The fraction of sp³-hybridized carbons (Fsp3) is 0.444. The van der Waals surface area contributed by atoms with Gasteiger partial charge < -0.3 is 14.6 Å². The van der Waals surface area contributed by atoms with Crippen molar-refractivity contribution < 1.29 is 9.21 Å². The lowest BCUT2D eigenvalue weighted by atomic mass is 10.1. The Morgan fingerprint density at radius 3 is 2.85 bits per heavy atom. The molecule has 0 aliphatic carbocycles. The van der Waals surface area contributed by atoms with E-state index in [1.165, 1.54) is 0 Å². The van der Waals surface area contributed by atoms with Gasteiger partial charge in [-0.3, -0.25) is 4.79 Å². The highest BCUT2D eigenvalue weighted by molar-refractivity contribution is 6.36. The van der Waals surface area contributed by atoms with Crippen LogP contribution >= 0.6 is 48.0 Å². The number of aryl methyl sites for hydroxylation is 1. The molecular formula is C18H23Cl4N3O2. The quantitative estimate of drug-likeness (QED) is 0.698. The zero-order valence-electron chi connectivity index (χ0n) is 14.9. The van der Waals surface area contributed by atoms with E-state index in [4.69, 9.17) is 27.6 Å². The third kappa shape index (κ3) is 6.26. The van der Waals surface area contributed by atoms with Gasteiger partial charge in [-0.15, -0.1) is 24.8 Å². The van der Waals surface area contributed by atoms with Crippen molar-refractivity contribution in [3.05, 3.63) is 40.3 Å². The first-order valence-electron chi connectivity index (χ1n) is 8.39. The molecule has 1 unspecified atom stereocenters. The number of amides is 1. The molecule has 0 radical (unpaired) electrons. The number of likely N-dealkylation sites (tertiary alicyclic amines) is 1. The van der Waals surface area contributed by atoms with Crippen LogP contribution in [0, 0.1) is 5.92 Å². The number of hydrogen-bond donors (Lipinski definition) is 1. The maximum atomic E-state index is 12.3. The van der Waals surface area contributed by atoms with Crippen molar-refractivity contribution in [2.75, 3.05) is 26.7 Å². The van der Waals surface area contributed by atoms with E-state index in [0.717, 1.165) is 31.6 Å². The van der Waals surface area contributed by atoms with Gasteiger partial charge in [-0.25, -0.2) is 4.98 Å². The molecule has 3 rings (SSSR count). The van der Waals surface area contributed by atoms with Crippen molar-refractivity contribution in [1.82, 2.24) is 15.2 Å². The molecule has 1 atom stereocenters. The van der Waals surface area contributed by atoms with Gasteiger partial charge in [0.15, 0.2) is 11.7 Å². The minimum absolute atomic E-state index is 0. The Hall–Kier alpha value is -0.980. The molecule has 0 bridgehead atoms. The van der Waals surface area contributed by atoms with Gasteiger partial charge in [-0.1, -0.05) is 23.2 Å². The highest BCUT2D eigenvalue weighted by Crippen LogP contribution is 2.31. The molecule has 150 valence electrons. The Bertz CT molecular complexity index is 754. The van der Waals surface area contributed by atoms with E-state index in [2.05, 4.69) is 10.3 Å². The van der Waals surface area contributed by atoms with Gasteiger partial charge in [0.2, 0.25) is 5.91 Å². The SMILES string of the molecule is CNCC1CCN(C(=O)CCc2ncc(-c3ccc(Cl)cc3Cl)o2)C1.Cl.Cl. The highest BCUT2D eigenvalue weighted by atomic mass is 35.5. The normalized spacial score (nSPS) is 16.0. The first kappa shape index (κ1) is 24.1. The van der Waals surface area contributed by atoms with Gasteiger partial charge in [0.05, 0.1) is 11.2 Å². The standard InChI is InChI=1S/C18H21Cl2N3O2.2ClH/c1-21-9-12-6-7-23(11-12)18(24)5-4-17-22-10-16(25-17)14-3-2-13(19)8-15(14)20;;/h2-3,8,10,12,21H,4-7,9,11H2,1H3;2*1H. The van der Waals surface area contributed by atoms with Gasteiger partial charge in [0, 0.05) is 36.5 Å².